The summed E-state index contributed by atoms with van der Waals surface area (Å²) in [6.45, 7) is 6.74. The Morgan fingerprint density at radius 2 is 1.82 bits per heavy atom. The molecular formula is C34H45FN4O5. The zero-order valence-electron chi connectivity index (χ0n) is 26.1. The molecule has 3 rings (SSSR count). The van der Waals surface area contributed by atoms with E-state index in [1.54, 1.807) is 49.3 Å². The van der Waals surface area contributed by atoms with Gasteiger partial charge in [-0.05, 0) is 80.0 Å². The Kier molecular flexibility index (Phi) is 12.2. The summed E-state index contributed by atoms with van der Waals surface area (Å²) in [5, 5.41) is 14.3. The number of hydrogen-bond acceptors (Lipinski definition) is 6. The molecule has 0 aliphatic heterocycles. The molecule has 0 radical (unpaired) electrons. The Morgan fingerprint density at radius 1 is 1.11 bits per heavy atom. The van der Waals surface area contributed by atoms with Gasteiger partial charge in [0.1, 0.15) is 11.6 Å². The molecule has 1 aliphatic rings. The smallest absolute Gasteiger partial charge is 0.249 e. The number of primary amides is 1. The van der Waals surface area contributed by atoms with Gasteiger partial charge in [0.05, 0.1) is 18.6 Å². The first kappa shape index (κ1) is 34.5. The van der Waals surface area contributed by atoms with Crippen LogP contribution in [0.25, 0.3) is 0 Å². The molecule has 9 nitrogen and oxygen atoms in total. The highest BCUT2D eigenvalue weighted by Gasteiger charge is 2.44. The summed E-state index contributed by atoms with van der Waals surface area (Å²) in [4.78, 5) is 42.1. The number of benzene rings is 2. The van der Waals surface area contributed by atoms with E-state index in [-0.39, 0.29) is 48.7 Å². The lowest BCUT2D eigenvalue weighted by atomic mass is 9.70. The number of ether oxygens (including phenoxy) is 1. The molecule has 0 saturated heterocycles. The van der Waals surface area contributed by atoms with Gasteiger partial charge in [0.2, 0.25) is 17.7 Å². The highest BCUT2D eigenvalue weighted by molar-refractivity contribution is 6.03. The fraction of sp³-hybridized carbons (Fsp3) is 0.441. The fourth-order valence-electron chi connectivity index (χ4n) is 5.51. The summed E-state index contributed by atoms with van der Waals surface area (Å²) in [5.74, 6) is -1.35. The van der Waals surface area contributed by atoms with E-state index in [1.165, 1.54) is 18.2 Å². The van der Waals surface area contributed by atoms with Crippen molar-refractivity contribution in [3.05, 3.63) is 88.3 Å². The van der Waals surface area contributed by atoms with Crippen LogP contribution in [0.1, 0.15) is 56.2 Å². The van der Waals surface area contributed by atoms with Gasteiger partial charge in [0, 0.05) is 36.8 Å². The molecule has 3 amide bonds. The summed E-state index contributed by atoms with van der Waals surface area (Å²) in [6, 6.07) is 11.1. The predicted octanol–water partition coefficient (Wildman–Crippen LogP) is 3.46. The Hall–Kier alpha value is -4.02. The van der Waals surface area contributed by atoms with Crippen molar-refractivity contribution in [2.75, 3.05) is 20.2 Å². The largest absolute Gasteiger partial charge is 0.497 e. The average Bonchev–Trinajstić information content (AvgIpc) is 3.00. The molecule has 3 atom stereocenters. The Balaban J connectivity index is 1.98. The zero-order valence-corrected chi connectivity index (χ0v) is 26.1. The summed E-state index contributed by atoms with van der Waals surface area (Å²) >= 11 is 0. The van der Waals surface area contributed by atoms with Gasteiger partial charge in [-0.15, -0.1) is 0 Å². The second kappa shape index (κ2) is 15.6. The molecule has 44 heavy (non-hydrogen) atoms. The van der Waals surface area contributed by atoms with Gasteiger partial charge in [0.25, 0.3) is 0 Å². The predicted molar refractivity (Wildman–Crippen MR) is 168 cm³/mol. The normalized spacial score (nSPS) is 17.6. The molecule has 0 saturated carbocycles. The average molecular weight is 609 g/mol. The lowest BCUT2D eigenvalue weighted by molar-refractivity contribution is -0.131. The van der Waals surface area contributed by atoms with E-state index in [9.17, 15) is 23.9 Å². The van der Waals surface area contributed by atoms with Crippen LogP contribution in [0.4, 0.5) is 4.39 Å². The number of aliphatic hydroxyl groups is 1. The van der Waals surface area contributed by atoms with Crippen LogP contribution in [0.2, 0.25) is 0 Å². The molecule has 2 aromatic carbocycles. The standard InChI is InChI=1S/C34H45FN4O5/c1-5-12-39(13-6-2)32(42)26-17-25(31(37)41)18-34(19-26,33(43)38-21-24-8-7-9-27(14-24)44-4)20-30(40)29(36)16-23-11-10-22(3)28(35)15-23/h7-11,14-15,17-18,29-30,40H,5-6,12-13,16,19-21,36H2,1-4H3,(H2,37,41)(H,38,43)/t29-,30+,34?/m0/s1. The van der Waals surface area contributed by atoms with Crippen LogP contribution < -0.4 is 21.5 Å². The van der Waals surface area contributed by atoms with Gasteiger partial charge >= 0.3 is 0 Å². The van der Waals surface area contributed by atoms with Crippen molar-refractivity contribution in [1.82, 2.24) is 10.2 Å². The SMILES string of the molecule is CCCN(CCC)C(=O)C1=CC(C(N)=O)=CC(C[C@@H](O)[C@@H](N)Cc2ccc(C)c(F)c2)(C(=O)NCc2cccc(OC)c2)C1. The van der Waals surface area contributed by atoms with E-state index < -0.39 is 29.4 Å². The molecule has 10 heteroatoms. The highest BCUT2D eigenvalue weighted by atomic mass is 19.1. The third-order valence-corrected chi connectivity index (χ3v) is 7.92. The van der Waals surface area contributed by atoms with Crippen molar-refractivity contribution >= 4 is 17.7 Å². The maximum absolute atomic E-state index is 14.2. The van der Waals surface area contributed by atoms with Crippen LogP contribution in [0.5, 0.6) is 5.75 Å². The molecule has 0 fully saturated rings. The molecule has 0 aromatic heterocycles. The zero-order chi connectivity index (χ0) is 32.4. The van der Waals surface area contributed by atoms with Crippen molar-refractivity contribution in [3.8, 4) is 5.75 Å². The first-order valence-corrected chi connectivity index (χ1v) is 15.0. The van der Waals surface area contributed by atoms with Gasteiger partial charge in [-0.3, -0.25) is 14.4 Å². The quantitative estimate of drug-likeness (QED) is 0.244. The third kappa shape index (κ3) is 8.76. The van der Waals surface area contributed by atoms with Crippen LogP contribution in [-0.2, 0) is 27.3 Å². The van der Waals surface area contributed by atoms with E-state index in [2.05, 4.69) is 5.32 Å². The number of halogens is 1. The number of nitrogens with one attached hydrogen (secondary N) is 1. The van der Waals surface area contributed by atoms with Crippen LogP contribution in [0.3, 0.4) is 0 Å². The van der Waals surface area contributed by atoms with Gasteiger partial charge in [0.15, 0.2) is 0 Å². The van der Waals surface area contributed by atoms with Crippen molar-refractivity contribution < 1.29 is 28.6 Å². The lowest BCUT2D eigenvalue weighted by Crippen LogP contribution is -2.48. The Bertz CT molecular complexity index is 1400. The summed E-state index contributed by atoms with van der Waals surface area (Å²) < 4.78 is 19.5. The highest BCUT2D eigenvalue weighted by Crippen LogP contribution is 2.40. The lowest BCUT2D eigenvalue weighted by Gasteiger charge is -2.37. The number of rotatable bonds is 15. The van der Waals surface area contributed by atoms with Crippen LogP contribution in [-0.4, -0.2) is 60.1 Å². The topological polar surface area (TPSA) is 148 Å². The van der Waals surface area contributed by atoms with Crippen LogP contribution >= 0.6 is 0 Å². The van der Waals surface area contributed by atoms with Crippen LogP contribution in [0.15, 0.2) is 65.8 Å². The van der Waals surface area contributed by atoms with Crippen molar-refractivity contribution in [3.63, 3.8) is 0 Å². The molecule has 238 valence electrons. The molecule has 2 aromatic rings. The van der Waals surface area contributed by atoms with Crippen molar-refractivity contribution in [2.24, 2.45) is 16.9 Å². The molecular weight excluding hydrogens is 563 g/mol. The number of carbonyl (C=O) groups excluding carboxylic acids is 3. The van der Waals surface area contributed by atoms with Gasteiger partial charge in [-0.25, -0.2) is 4.39 Å². The monoisotopic (exact) mass is 608 g/mol. The van der Waals surface area contributed by atoms with E-state index in [4.69, 9.17) is 16.2 Å². The number of nitrogens with two attached hydrogens (primary N) is 2. The number of carbonyl (C=O) groups is 3. The van der Waals surface area contributed by atoms with E-state index >= 15 is 0 Å². The first-order chi connectivity index (χ1) is 20.9. The molecule has 0 heterocycles. The van der Waals surface area contributed by atoms with Gasteiger partial charge in [-0.1, -0.05) is 44.2 Å². The summed E-state index contributed by atoms with van der Waals surface area (Å²) in [7, 11) is 1.55. The number of aliphatic hydroxyl groups excluding tert-OH is 1. The molecule has 1 aliphatic carbocycles. The third-order valence-electron chi connectivity index (χ3n) is 7.92. The minimum atomic E-state index is -1.53. The summed E-state index contributed by atoms with van der Waals surface area (Å²) in [6.07, 6.45) is 2.98. The van der Waals surface area contributed by atoms with Crippen molar-refractivity contribution in [1.29, 1.82) is 0 Å². The molecule has 0 spiro atoms. The number of hydrogen-bond donors (Lipinski definition) is 4. The first-order valence-electron chi connectivity index (χ1n) is 15.0. The maximum Gasteiger partial charge on any atom is 0.249 e. The van der Waals surface area contributed by atoms with Crippen LogP contribution in [0, 0.1) is 18.2 Å². The minimum Gasteiger partial charge on any atom is -0.497 e. The Labute approximate surface area is 259 Å². The molecule has 0 bridgehead atoms. The van der Waals surface area contributed by atoms with Crippen molar-refractivity contribution in [2.45, 2.75) is 71.6 Å². The van der Waals surface area contributed by atoms with E-state index in [0.29, 0.717) is 30.0 Å². The minimum absolute atomic E-state index is 0.00505. The molecule has 6 N–H and O–H groups in total. The number of amides is 3. The summed E-state index contributed by atoms with van der Waals surface area (Å²) in [5.41, 5.74) is 12.7. The van der Waals surface area contributed by atoms with E-state index in [1.807, 2.05) is 19.9 Å². The fourth-order valence-corrected chi connectivity index (χ4v) is 5.51. The maximum atomic E-state index is 14.2. The van der Waals surface area contributed by atoms with Gasteiger partial charge in [-0.2, -0.15) is 0 Å². The molecule has 1 unspecified atom stereocenters. The number of nitrogens with zero attached hydrogens (tertiary/aromatic N) is 1. The second-order valence-corrected chi connectivity index (χ2v) is 11.5. The Morgan fingerprint density at radius 3 is 2.43 bits per heavy atom. The second-order valence-electron chi connectivity index (χ2n) is 11.5. The number of aryl methyl sites for hydroxylation is 1. The van der Waals surface area contributed by atoms with Gasteiger partial charge < -0.3 is 31.5 Å². The van der Waals surface area contributed by atoms with E-state index in [0.717, 1.165) is 18.4 Å². The number of methoxy groups -OCH3 is 1.